The first-order valence-electron chi connectivity index (χ1n) is 6.30. The molecule has 1 aliphatic heterocycles. The maximum Gasteiger partial charge on any atom is 0.0366 e. The summed E-state index contributed by atoms with van der Waals surface area (Å²) in [5.41, 5.74) is 3.49. The van der Waals surface area contributed by atoms with Gasteiger partial charge in [0.1, 0.15) is 0 Å². The van der Waals surface area contributed by atoms with E-state index in [0.29, 0.717) is 0 Å². The highest BCUT2D eigenvalue weighted by Gasteiger charge is 2.47. The van der Waals surface area contributed by atoms with Crippen LogP contribution in [0.1, 0.15) is 24.8 Å². The maximum atomic E-state index is 3.18. The number of nitrogens with one attached hydrogen (secondary N) is 1. The van der Waals surface area contributed by atoms with Gasteiger partial charge in [0.15, 0.2) is 0 Å². The van der Waals surface area contributed by atoms with Crippen molar-refractivity contribution in [2.45, 2.75) is 25.8 Å². The third-order valence-electron chi connectivity index (χ3n) is 4.15. The Bertz CT molecular complexity index is 357. The molecule has 1 saturated heterocycles. The van der Waals surface area contributed by atoms with E-state index in [4.69, 9.17) is 0 Å². The fourth-order valence-electron chi connectivity index (χ4n) is 2.97. The predicted molar refractivity (Wildman–Crippen MR) is 67.7 cm³/mol. The van der Waals surface area contributed by atoms with Crippen molar-refractivity contribution in [1.29, 1.82) is 0 Å². The third kappa shape index (κ3) is 1.61. The molecule has 1 saturated carbocycles. The van der Waals surface area contributed by atoms with Crippen LogP contribution in [0.3, 0.4) is 0 Å². The normalized spacial score (nSPS) is 21.7. The molecule has 1 heterocycles. The molecule has 2 aliphatic rings. The van der Waals surface area contributed by atoms with Crippen LogP contribution in [0.4, 0.5) is 5.69 Å². The highest BCUT2D eigenvalue weighted by Crippen LogP contribution is 2.49. The second-order valence-electron chi connectivity index (χ2n) is 5.41. The predicted octanol–water partition coefficient (Wildman–Crippen LogP) is 2.40. The topological polar surface area (TPSA) is 15.3 Å². The van der Waals surface area contributed by atoms with E-state index in [1.54, 1.807) is 0 Å². The first-order chi connectivity index (χ1) is 7.81. The number of benzene rings is 1. The molecule has 1 spiro atoms. The molecule has 2 nitrogen and oxygen atoms in total. The van der Waals surface area contributed by atoms with Crippen LogP contribution in [0, 0.1) is 5.41 Å². The van der Waals surface area contributed by atoms with Gasteiger partial charge in [0, 0.05) is 30.7 Å². The second-order valence-corrected chi connectivity index (χ2v) is 5.41. The monoisotopic (exact) mass is 216 g/mol. The molecule has 16 heavy (non-hydrogen) atoms. The second kappa shape index (κ2) is 3.77. The molecule has 0 amide bonds. The van der Waals surface area contributed by atoms with E-state index in [9.17, 15) is 0 Å². The summed E-state index contributed by atoms with van der Waals surface area (Å²) in [5.74, 6) is 0. The van der Waals surface area contributed by atoms with Gasteiger partial charge in [-0.2, -0.15) is 0 Å². The lowest BCUT2D eigenvalue weighted by Gasteiger charge is -2.57. The fourth-order valence-corrected chi connectivity index (χ4v) is 2.97. The molecule has 0 unspecified atom stereocenters. The lowest BCUT2D eigenvalue weighted by molar-refractivity contribution is 0.0904. The number of hydrogen-bond acceptors (Lipinski definition) is 2. The van der Waals surface area contributed by atoms with E-state index in [-0.39, 0.29) is 0 Å². The molecule has 2 heteroatoms. The average Bonchev–Trinajstić information content (AvgIpc) is 2.16. The van der Waals surface area contributed by atoms with Gasteiger partial charge in [0.05, 0.1) is 0 Å². The zero-order valence-electron chi connectivity index (χ0n) is 10.00. The van der Waals surface area contributed by atoms with E-state index in [2.05, 4.69) is 34.5 Å². The summed E-state index contributed by atoms with van der Waals surface area (Å²) in [6.45, 7) is 3.54. The van der Waals surface area contributed by atoms with Crippen LogP contribution in [-0.2, 0) is 6.54 Å². The maximum absolute atomic E-state index is 3.18. The minimum Gasteiger partial charge on any atom is -0.370 e. The van der Waals surface area contributed by atoms with Crippen LogP contribution in [0.15, 0.2) is 24.3 Å². The largest absolute Gasteiger partial charge is 0.370 e. The Morgan fingerprint density at radius 3 is 2.38 bits per heavy atom. The van der Waals surface area contributed by atoms with Crippen molar-refractivity contribution >= 4 is 5.69 Å². The molecule has 0 radical (unpaired) electrons. The first kappa shape index (κ1) is 10.2. The molecule has 1 aromatic carbocycles. The molecule has 2 fully saturated rings. The number of nitrogens with zero attached hydrogens (tertiary/aromatic N) is 1. The summed E-state index contributed by atoms with van der Waals surface area (Å²) < 4.78 is 0. The average molecular weight is 216 g/mol. The highest BCUT2D eigenvalue weighted by molar-refractivity contribution is 5.51. The van der Waals surface area contributed by atoms with Crippen molar-refractivity contribution in [3.63, 3.8) is 0 Å². The molecule has 1 aromatic rings. The van der Waals surface area contributed by atoms with Gasteiger partial charge >= 0.3 is 0 Å². The van der Waals surface area contributed by atoms with Gasteiger partial charge in [-0.1, -0.05) is 18.6 Å². The lowest BCUT2D eigenvalue weighted by atomic mass is 9.63. The summed E-state index contributed by atoms with van der Waals surface area (Å²) in [7, 11) is 1.99. The van der Waals surface area contributed by atoms with Crippen molar-refractivity contribution in [3.05, 3.63) is 29.8 Å². The molecule has 3 rings (SSSR count). The highest BCUT2D eigenvalue weighted by atomic mass is 15.2. The van der Waals surface area contributed by atoms with E-state index < -0.39 is 0 Å². The fraction of sp³-hybridized carbons (Fsp3) is 0.571. The summed E-state index contributed by atoms with van der Waals surface area (Å²) in [6, 6.07) is 8.99. The minimum absolute atomic E-state index is 0.726. The van der Waals surface area contributed by atoms with Crippen LogP contribution in [0.25, 0.3) is 0 Å². The van der Waals surface area contributed by atoms with Crippen LogP contribution < -0.4 is 10.2 Å². The standard InChI is InChI=1S/C14H20N2/c1-15-9-12-3-5-13(6-4-12)16-10-14(11-16)7-2-8-14/h3-6,15H,2,7-11H2,1H3. The summed E-state index contributed by atoms with van der Waals surface area (Å²) >= 11 is 0. The van der Waals surface area contributed by atoms with Gasteiger partial charge in [0.2, 0.25) is 0 Å². The van der Waals surface area contributed by atoms with E-state index in [1.165, 1.54) is 43.6 Å². The summed E-state index contributed by atoms with van der Waals surface area (Å²) in [5, 5.41) is 3.18. The molecule has 0 aromatic heterocycles. The quantitative estimate of drug-likeness (QED) is 0.834. The van der Waals surface area contributed by atoms with E-state index >= 15 is 0 Å². The van der Waals surface area contributed by atoms with Crippen molar-refractivity contribution in [1.82, 2.24) is 5.32 Å². The van der Waals surface area contributed by atoms with Gasteiger partial charge in [-0.3, -0.25) is 0 Å². The number of anilines is 1. The molecule has 86 valence electrons. The number of rotatable bonds is 3. The Kier molecular flexibility index (Phi) is 2.40. The molecule has 1 N–H and O–H groups in total. The van der Waals surface area contributed by atoms with Crippen LogP contribution in [0.5, 0.6) is 0 Å². The first-order valence-corrected chi connectivity index (χ1v) is 6.30. The minimum atomic E-state index is 0.726. The van der Waals surface area contributed by atoms with E-state index in [1.807, 2.05) is 7.05 Å². The molecule has 0 bridgehead atoms. The van der Waals surface area contributed by atoms with E-state index in [0.717, 1.165) is 12.0 Å². The van der Waals surface area contributed by atoms with Gasteiger partial charge in [-0.05, 0) is 37.6 Å². The van der Waals surface area contributed by atoms with Gasteiger partial charge in [0.25, 0.3) is 0 Å². The Labute approximate surface area is 97.6 Å². The zero-order valence-corrected chi connectivity index (χ0v) is 10.00. The van der Waals surface area contributed by atoms with Crippen LogP contribution >= 0.6 is 0 Å². The Balaban J connectivity index is 1.63. The van der Waals surface area contributed by atoms with Gasteiger partial charge in [-0.25, -0.2) is 0 Å². The summed E-state index contributed by atoms with van der Waals surface area (Å²) in [4.78, 5) is 2.52. The summed E-state index contributed by atoms with van der Waals surface area (Å²) in [6.07, 6.45) is 4.37. The Morgan fingerprint density at radius 2 is 1.88 bits per heavy atom. The Morgan fingerprint density at radius 1 is 1.19 bits per heavy atom. The van der Waals surface area contributed by atoms with Crippen molar-refractivity contribution in [2.75, 3.05) is 25.0 Å². The zero-order chi connectivity index (χ0) is 11.0. The molecule has 0 atom stereocenters. The third-order valence-corrected chi connectivity index (χ3v) is 4.15. The Hall–Kier alpha value is -1.02. The van der Waals surface area contributed by atoms with Gasteiger partial charge in [-0.15, -0.1) is 0 Å². The molecular weight excluding hydrogens is 196 g/mol. The SMILES string of the molecule is CNCc1ccc(N2CC3(CCC3)C2)cc1. The van der Waals surface area contributed by atoms with Crippen molar-refractivity contribution in [3.8, 4) is 0 Å². The lowest BCUT2D eigenvalue weighted by Crippen LogP contribution is -2.59. The van der Waals surface area contributed by atoms with Crippen LogP contribution in [-0.4, -0.2) is 20.1 Å². The van der Waals surface area contributed by atoms with Crippen molar-refractivity contribution in [2.24, 2.45) is 5.41 Å². The van der Waals surface area contributed by atoms with Crippen molar-refractivity contribution < 1.29 is 0 Å². The van der Waals surface area contributed by atoms with Crippen LogP contribution in [0.2, 0.25) is 0 Å². The van der Waals surface area contributed by atoms with Gasteiger partial charge < -0.3 is 10.2 Å². The number of hydrogen-bond donors (Lipinski definition) is 1. The molecular formula is C14H20N2. The molecule has 1 aliphatic carbocycles. The smallest absolute Gasteiger partial charge is 0.0366 e.